The number of carbonyl (C=O) groups is 1. The maximum atomic E-state index is 12.5. The molecule has 1 aliphatic rings. The zero-order chi connectivity index (χ0) is 18.1. The maximum absolute atomic E-state index is 12.5. The summed E-state index contributed by atoms with van der Waals surface area (Å²) in [7, 11) is 0. The van der Waals surface area contributed by atoms with E-state index in [1.54, 1.807) is 37.3 Å². The number of tetrazole rings is 1. The highest BCUT2D eigenvalue weighted by Gasteiger charge is 2.21. The van der Waals surface area contributed by atoms with Crippen LogP contribution in [0.2, 0.25) is 0 Å². The second-order valence-corrected chi connectivity index (χ2v) is 6.22. The van der Waals surface area contributed by atoms with Gasteiger partial charge in [-0.25, -0.2) is 9.36 Å². The van der Waals surface area contributed by atoms with E-state index in [1.165, 1.54) is 15.7 Å². The molecule has 0 spiro atoms. The van der Waals surface area contributed by atoms with Crippen LogP contribution in [0, 0.1) is 0 Å². The van der Waals surface area contributed by atoms with Gasteiger partial charge in [0.05, 0.1) is 11.4 Å². The Labute approximate surface area is 148 Å². The zero-order valence-corrected chi connectivity index (χ0v) is 14.2. The molecule has 9 heteroatoms. The monoisotopic (exact) mass is 351 g/mol. The van der Waals surface area contributed by atoms with E-state index in [4.69, 9.17) is 0 Å². The molecule has 1 aliphatic carbocycles. The zero-order valence-electron chi connectivity index (χ0n) is 14.2. The maximum Gasteiger partial charge on any atom is 0.267 e. The van der Waals surface area contributed by atoms with Crippen molar-refractivity contribution in [1.82, 2.24) is 30.0 Å². The van der Waals surface area contributed by atoms with Crippen LogP contribution in [0.1, 0.15) is 30.6 Å². The molecule has 1 unspecified atom stereocenters. The molecule has 2 heterocycles. The second-order valence-electron chi connectivity index (χ2n) is 6.22. The Morgan fingerprint density at radius 3 is 2.77 bits per heavy atom. The minimum atomic E-state index is -0.701. The molecule has 9 nitrogen and oxygen atoms in total. The highest BCUT2D eigenvalue weighted by molar-refractivity contribution is 5.93. The lowest BCUT2D eigenvalue weighted by atomic mass is 10.2. The van der Waals surface area contributed by atoms with Crippen molar-refractivity contribution >= 4 is 11.6 Å². The molecule has 1 aromatic carbocycles. The first-order chi connectivity index (χ1) is 12.6. The molecule has 0 saturated heterocycles. The van der Waals surface area contributed by atoms with Gasteiger partial charge in [-0.3, -0.25) is 9.59 Å². The molecule has 26 heavy (non-hydrogen) atoms. The Kier molecular flexibility index (Phi) is 4.04. The lowest BCUT2D eigenvalue weighted by molar-refractivity contribution is -0.119. The summed E-state index contributed by atoms with van der Waals surface area (Å²) >= 11 is 0. The van der Waals surface area contributed by atoms with Crippen LogP contribution in [0.25, 0.3) is 5.69 Å². The summed E-state index contributed by atoms with van der Waals surface area (Å²) in [5, 5.41) is 18.2. The summed E-state index contributed by atoms with van der Waals surface area (Å²) in [5.41, 5.74) is 3.06. The Morgan fingerprint density at radius 1 is 1.23 bits per heavy atom. The lowest BCUT2D eigenvalue weighted by Crippen LogP contribution is -2.33. The summed E-state index contributed by atoms with van der Waals surface area (Å²) < 4.78 is 2.77. The number of rotatable bonds is 4. The number of hydrogen-bond donors (Lipinski definition) is 1. The van der Waals surface area contributed by atoms with Crippen LogP contribution in [0.3, 0.4) is 0 Å². The van der Waals surface area contributed by atoms with Crippen molar-refractivity contribution in [3.05, 3.63) is 58.3 Å². The minimum Gasteiger partial charge on any atom is -0.324 e. The van der Waals surface area contributed by atoms with Gasteiger partial charge >= 0.3 is 0 Å². The number of amides is 1. The standard InChI is InChI=1S/C17H17N7O2/c1-11(24-16(25)9-12-3-2-4-15(12)20-24)17(26)19-13-5-7-14(8-6-13)23-10-18-21-22-23/h5-11H,2-4H2,1H3,(H,19,26). The molecule has 4 rings (SSSR count). The van der Waals surface area contributed by atoms with Crippen LogP contribution >= 0.6 is 0 Å². The third kappa shape index (κ3) is 2.99. The number of hydrogen-bond acceptors (Lipinski definition) is 6. The first-order valence-corrected chi connectivity index (χ1v) is 8.38. The van der Waals surface area contributed by atoms with Crippen molar-refractivity contribution in [2.45, 2.75) is 32.2 Å². The van der Waals surface area contributed by atoms with Gasteiger partial charge in [0.25, 0.3) is 5.56 Å². The van der Waals surface area contributed by atoms with E-state index in [0.29, 0.717) is 5.69 Å². The summed E-state index contributed by atoms with van der Waals surface area (Å²) in [5.74, 6) is -0.298. The summed E-state index contributed by atoms with van der Waals surface area (Å²) in [6.07, 6.45) is 4.22. The Balaban J connectivity index is 1.50. The number of benzene rings is 1. The Morgan fingerprint density at radius 2 is 2.04 bits per heavy atom. The third-order valence-electron chi connectivity index (χ3n) is 4.48. The van der Waals surface area contributed by atoms with Crippen molar-refractivity contribution in [2.75, 3.05) is 5.32 Å². The van der Waals surface area contributed by atoms with Gasteiger partial charge in [0.1, 0.15) is 12.4 Å². The topological polar surface area (TPSA) is 108 Å². The molecule has 0 aliphatic heterocycles. The third-order valence-corrected chi connectivity index (χ3v) is 4.48. The van der Waals surface area contributed by atoms with Crippen LogP contribution in [-0.4, -0.2) is 35.9 Å². The van der Waals surface area contributed by atoms with Crippen molar-refractivity contribution < 1.29 is 4.79 Å². The number of fused-ring (bicyclic) bond motifs is 1. The van der Waals surface area contributed by atoms with E-state index in [1.807, 2.05) is 0 Å². The van der Waals surface area contributed by atoms with Crippen LogP contribution in [-0.2, 0) is 17.6 Å². The fourth-order valence-electron chi connectivity index (χ4n) is 3.03. The number of aryl methyl sites for hydroxylation is 2. The average molecular weight is 351 g/mol. The van der Waals surface area contributed by atoms with Gasteiger partial charge < -0.3 is 5.32 Å². The quantitative estimate of drug-likeness (QED) is 0.748. The number of nitrogens with one attached hydrogen (secondary N) is 1. The minimum absolute atomic E-state index is 0.248. The van der Waals surface area contributed by atoms with Gasteiger partial charge in [0, 0.05) is 11.8 Å². The average Bonchev–Trinajstić information content (AvgIpc) is 3.32. The molecule has 1 N–H and O–H groups in total. The first kappa shape index (κ1) is 16.1. The molecule has 2 aromatic heterocycles. The summed E-state index contributed by atoms with van der Waals surface area (Å²) in [4.78, 5) is 24.8. The van der Waals surface area contributed by atoms with E-state index in [-0.39, 0.29) is 11.5 Å². The van der Waals surface area contributed by atoms with E-state index in [9.17, 15) is 9.59 Å². The van der Waals surface area contributed by atoms with Gasteiger partial charge in [0.15, 0.2) is 0 Å². The predicted molar refractivity (Wildman–Crippen MR) is 93.0 cm³/mol. The molecule has 0 fully saturated rings. The number of anilines is 1. The fourth-order valence-corrected chi connectivity index (χ4v) is 3.03. The fraction of sp³-hybridized carbons (Fsp3) is 0.294. The van der Waals surface area contributed by atoms with Gasteiger partial charge in [-0.15, -0.1) is 5.10 Å². The molecule has 0 saturated carbocycles. The van der Waals surface area contributed by atoms with E-state index in [0.717, 1.165) is 36.2 Å². The Bertz CT molecular complexity index is 993. The second kappa shape index (κ2) is 6.51. The van der Waals surface area contributed by atoms with Crippen molar-refractivity contribution in [3.63, 3.8) is 0 Å². The van der Waals surface area contributed by atoms with Gasteiger partial charge in [-0.1, -0.05) is 0 Å². The molecular formula is C17H17N7O2. The van der Waals surface area contributed by atoms with Gasteiger partial charge in [0.2, 0.25) is 5.91 Å². The highest BCUT2D eigenvalue weighted by Crippen LogP contribution is 2.19. The lowest BCUT2D eigenvalue weighted by Gasteiger charge is -2.15. The normalized spacial score (nSPS) is 14.0. The van der Waals surface area contributed by atoms with E-state index in [2.05, 4.69) is 25.9 Å². The van der Waals surface area contributed by atoms with E-state index >= 15 is 0 Å². The molecule has 0 radical (unpaired) electrons. The number of carbonyl (C=O) groups excluding carboxylic acids is 1. The largest absolute Gasteiger partial charge is 0.324 e. The van der Waals surface area contributed by atoms with E-state index < -0.39 is 6.04 Å². The SMILES string of the molecule is CC(C(=O)Nc1ccc(-n2cnnn2)cc1)n1nc2c(cc1=O)CCC2. The summed E-state index contributed by atoms with van der Waals surface area (Å²) in [6, 6.07) is 7.97. The molecule has 1 amide bonds. The van der Waals surface area contributed by atoms with Crippen molar-refractivity contribution in [2.24, 2.45) is 0 Å². The molecule has 3 aromatic rings. The van der Waals surface area contributed by atoms with Crippen LogP contribution in [0.4, 0.5) is 5.69 Å². The predicted octanol–water partition coefficient (Wildman–Crippen LogP) is 0.907. The van der Waals surface area contributed by atoms with Gasteiger partial charge in [-0.2, -0.15) is 5.10 Å². The highest BCUT2D eigenvalue weighted by atomic mass is 16.2. The number of aromatic nitrogens is 6. The summed E-state index contributed by atoms with van der Waals surface area (Å²) in [6.45, 7) is 1.67. The van der Waals surface area contributed by atoms with Crippen LogP contribution in [0.5, 0.6) is 0 Å². The van der Waals surface area contributed by atoms with Crippen LogP contribution in [0.15, 0.2) is 41.5 Å². The number of nitrogens with zero attached hydrogens (tertiary/aromatic N) is 6. The van der Waals surface area contributed by atoms with Crippen LogP contribution < -0.4 is 10.9 Å². The Hall–Kier alpha value is -3.36. The molecule has 1 atom stereocenters. The van der Waals surface area contributed by atoms with Crippen molar-refractivity contribution in [1.29, 1.82) is 0 Å². The smallest absolute Gasteiger partial charge is 0.267 e. The molecule has 132 valence electrons. The van der Waals surface area contributed by atoms with Crippen molar-refractivity contribution in [3.8, 4) is 5.69 Å². The molecule has 0 bridgehead atoms. The molecular weight excluding hydrogens is 334 g/mol. The first-order valence-electron chi connectivity index (χ1n) is 8.38. The van der Waals surface area contributed by atoms with Gasteiger partial charge in [-0.05, 0) is 66.4 Å².